The van der Waals surface area contributed by atoms with E-state index in [1.807, 2.05) is 26.0 Å². The van der Waals surface area contributed by atoms with Crippen LogP contribution < -0.4 is 19.7 Å². The molecule has 0 unspecified atom stereocenters. The summed E-state index contributed by atoms with van der Waals surface area (Å²) in [5.41, 5.74) is 3.32. The number of methoxy groups -OCH3 is 2. The first-order valence-corrected chi connectivity index (χ1v) is 9.88. The minimum atomic E-state index is -0.669. The van der Waals surface area contributed by atoms with Crippen molar-refractivity contribution in [1.29, 1.82) is 0 Å². The van der Waals surface area contributed by atoms with Gasteiger partial charge in [-0.05, 0) is 49.2 Å². The van der Waals surface area contributed by atoms with E-state index >= 15 is 0 Å². The van der Waals surface area contributed by atoms with Crippen molar-refractivity contribution in [2.75, 3.05) is 37.6 Å². The van der Waals surface area contributed by atoms with Crippen LogP contribution in [0.2, 0.25) is 0 Å². The second-order valence-electron chi connectivity index (χ2n) is 7.40. The zero-order valence-electron chi connectivity index (χ0n) is 18.1. The fourth-order valence-electron chi connectivity index (χ4n) is 3.38. The topological polar surface area (TPSA) is 94.2 Å². The molecule has 0 saturated carbocycles. The molecular weight excluding hydrogens is 400 g/mol. The molecule has 3 rings (SSSR count). The number of carbonyl (C=O) groups excluding carboxylic acids is 3. The third-order valence-electron chi connectivity index (χ3n) is 5.27. The molecule has 0 aromatic heterocycles. The normalized spacial score (nSPS) is 15.5. The molecule has 0 spiro atoms. The Hall–Kier alpha value is -3.55. The number of aryl methyl sites for hydroxylation is 2. The molecule has 8 nitrogen and oxygen atoms in total. The minimum Gasteiger partial charge on any atom is -0.497 e. The largest absolute Gasteiger partial charge is 0.497 e. The summed E-state index contributed by atoms with van der Waals surface area (Å²) in [4.78, 5) is 38.6. The molecule has 1 saturated heterocycles. The van der Waals surface area contributed by atoms with Crippen molar-refractivity contribution in [2.45, 2.75) is 20.3 Å². The van der Waals surface area contributed by atoms with Gasteiger partial charge in [-0.2, -0.15) is 0 Å². The van der Waals surface area contributed by atoms with Crippen molar-refractivity contribution in [3.8, 4) is 11.5 Å². The Labute approximate surface area is 181 Å². The first-order chi connectivity index (χ1) is 14.8. The van der Waals surface area contributed by atoms with Crippen LogP contribution >= 0.6 is 0 Å². The summed E-state index contributed by atoms with van der Waals surface area (Å²) in [6.45, 7) is 3.65. The average Bonchev–Trinajstić information content (AvgIpc) is 3.15. The van der Waals surface area contributed by atoms with Crippen molar-refractivity contribution in [2.24, 2.45) is 5.92 Å². The Kier molecular flexibility index (Phi) is 6.79. The van der Waals surface area contributed by atoms with Gasteiger partial charge in [0, 0.05) is 24.7 Å². The molecule has 31 heavy (non-hydrogen) atoms. The van der Waals surface area contributed by atoms with E-state index < -0.39 is 24.4 Å². The predicted molar refractivity (Wildman–Crippen MR) is 116 cm³/mol. The molecule has 0 bridgehead atoms. The van der Waals surface area contributed by atoms with Gasteiger partial charge in [0.05, 0.1) is 25.8 Å². The Morgan fingerprint density at radius 1 is 1.06 bits per heavy atom. The van der Waals surface area contributed by atoms with Crippen LogP contribution in [0.1, 0.15) is 17.5 Å². The van der Waals surface area contributed by atoms with Crippen LogP contribution in [0.3, 0.4) is 0 Å². The highest BCUT2D eigenvalue weighted by molar-refractivity contribution is 6.01. The number of esters is 1. The maximum Gasteiger partial charge on any atom is 0.311 e. The maximum atomic E-state index is 12.5. The van der Waals surface area contributed by atoms with E-state index in [0.29, 0.717) is 22.9 Å². The molecule has 0 aliphatic carbocycles. The lowest BCUT2D eigenvalue weighted by Crippen LogP contribution is -2.28. The molecule has 1 N–H and O–H groups in total. The number of benzene rings is 2. The summed E-state index contributed by atoms with van der Waals surface area (Å²) >= 11 is 0. The third kappa shape index (κ3) is 5.14. The Balaban J connectivity index is 1.59. The van der Waals surface area contributed by atoms with E-state index in [4.69, 9.17) is 14.2 Å². The molecule has 1 atom stereocenters. The number of amides is 2. The number of hydrogen-bond acceptors (Lipinski definition) is 6. The third-order valence-corrected chi connectivity index (χ3v) is 5.27. The van der Waals surface area contributed by atoms with Crippen molar-refractivity contribution < 1.29 is 28.6 Å². The smallest absolute Gasteiger partial charge is 0.311 e. The van der Waals surface area contributed by atoms with Crippen molar-refractivity contribution in [3.63, 3.8) is 0 Å². The van der Waals surface area contributed by atoms with E-state index in [2.05, 4.69) is 5.32 Å². The van der Waals surface area contributed by atoms with Gasteiger partial charge >= 0.3 is 5.97 Å². The Morgan fingerprint density at radius 3 is 2.52 bits per heavy atom. The molecule has 1 aliphatic rings. The zero-order valence-corrected chi connectivity index (χ0v) is 18.1. The molecule has 1 fully saturated rings. The van der Waals surface area contributed by atoms with Gasteiger partial charge in [0.2, 0.25) is 5.91 Å². The maximum absolute atomic E-state index is 12.5. The predicted octanol–water partition coefficient (Wildman–Crippen LogP) is 2.86. The van der Waals surface area contributed by atoms with Crippen molar-refractivity contribution in [1.82, 2.24) is 0 Å². The lowest BCUT2D eigenvalue weighted by atomic mass is 10.1. The molecule has 2 aromatic carbocycles. The van der Waals surface area contributed by atoms with E-state index in [1.54, 1.807) is 24.3 Å². The standard InChI is InChI=1S/C23H26N2O6/c1-14-5-6-17(9-15(14)2)24-21(26)13-31-23(28)16-10-22(27)25(12-16)19-11-18(29-3)7-8-20(19)30-4/h5-9,11,16H,10,12-13H2,1-4H3,(H,24,26)/t16-/m1/s1. The fraction of sp³-hybridized carbons (Fsp3) is 0.348. The minimum absolute atomic E-state index is 0.00201. The number of nitrogens with zero attached hydrogens (tertiary/aromatic N) is 1. The van der Waals surface area contributed by atoms with E-state index in [-0.39, 0.29) is 18.9 Å². The number of carbonyl (C=O) groups is 3. The summed E-state index contributed by atoms with van der Waals surface area (Å²) in [6.07, 6.45) is -0.00201. The van der Waals surface area contributed by atoms with Gasteiger partial charge in [0.15, 0.2) is 6.61 Å². The van der Waals surface area contributed by atoms with Crippen LogP contribution in [-0.4, -0.2) is 45.2 Å². The molecule has 0 radical (unpaired) electrons. The lowest BCUT2D eigenvalue weighted by molar-refractivity contribution is -0.151. The number of rotatable bonds is 7. The van der Waals surface area contributed by atoms with Crippen LogP contribution in [0.15, 0.2) is 36.4 Å². The molecule has 2 aromatic rings. The lowest BCUT2D eigenvalue weighted by Gasteiger charge is -2.20. The van der Waals surface area contributed by atoms with Crippen molar-refractivity contribution >= 4 is 29.2 Å². The molecule has 164 valence electrons. The van der Waals surface area contributed by atoms with Gasteiger partial charge in [0.1, 0.15) is 11.5 Å². The highest BCUT2D eigenvalue weighted by Gasteiger charge is 2.37. The summed E-state index contributed by atoms with van der Waals surface area (Å²) in [7, 11) is 3.03. The van der Waals surface area contributed by atoms with Crippen LogP contribution in [-0.2, 0) is 19.1 Å². The first-order valence-electron chi connectivity index (χ1n) is 9.88. The second-order valence-corrected chi connectivity index (χ2v) is 7.40. The second kappa shape index (κ2) is 9.51. The van der Waals surface area contributed by atoms with E-state index in [1.165, 1.54) is 19.1 Å². The first kappa shape index (κ1) is 22.1. The zero-order chi connectivity index (χ0) is 22.5. The average molecular weight is 426 g/mol. The fourth-order valence-corrected chi connectivity index (χ4v) is 3.38. The number of hydrogen-bond donors (Lipinski definition) is 1. The molecular formula is C23H26N2O6. The number of anilines is 2. The molecule has 8 heteroatoms. The van der Waals surface area contributed by atoms with Crippen LogP contribution in [0, 0.1) is 19.8 Å². The monoisotopic (exact) mass is 426 g/mol. The van der Waals surface area contributed by atoms with Crippen LogP contribution in [0.25, 0.3) is 0 Å². The van der Waals surface area contributed by atoms with E-state index in [0.717, 1.165) is 11.1 Å². The number of nitrogens with one attached hydrogen (secondary N) is 1. The Bertz CT molecular complexity index is 1000. The van der Waals surface area contributed by atoms with Gasteiger partial charge in [-0.15, -0.1) is 0 Å². The van der Waals surface area contributed by atoms with E-state index in [9.17, 15) is 14.4 Å². The summed E-state index contributed by atoms with van der Waals surface area (Å²) < 4.78 is 15.7. The van der Waals surface area contributed by atoms with Crippen LogP contribution in [0.4, 0.5) is 11.4 Å². The molecule has 1 heterocycles. The van der Waals surface area contributed by atoms with Gasteiger partial charge in [-0.3, -0.25) is 14.4 Å². The van der Waals surface area contributed by atoms with Gasteiger partial charge in [0.25, 0.3) is 5.91 Å². The SMILES string of the molecule is COc1ccc(OC)c(N2C[C@H](C(=O)OCC(=O)Nc3ccc(C)c(C)c3)CC2=O)c1. The van der Waals surface area contributed by atoms with Gasteiger partial charge < -0.3 is 24.4 Å². The summed E-state index contributed by atoms with van der Waals surface area (Å²) in [5.74, 6) is -0.861. The molecule has 1 aliphatic heterocycles. The van der Waals surface area contributed by atoms with Gasteiger partial charge in [-0.1, -0.05) is 6.07 Å². The number of ether oxygens (including phenoxy) is 3. The highest BCUT2D eigenvalue weighted by Crippen LogP contribution is 2.36. The Morgan fingerprint density at radius 2 is 1.84 bits per heavy atom. The summed E-state index contributed by atoms with van der Waals surface area (Å²) in [5, 5.41) is 2.70. The summed E-state index contributed by atoms with van der Waals surface area (Å²) in [6, 6.07) is 10.7. The van der Waals surface area contributed by atoms with Gasteiger partial charge in [-0.25, -0.2) is 0 Å². The molecule has 2 amide bonds. The quantitative estimate of drug-likeness (QED) is 0.685. The highest BCUT2D eigenvalue weighted by atomic mass is 16.5. The van der Waals surface area contributed by atoms with Crippen molar-refractivity contribution in [3.05, 3.63) is 47.5 Å². The van der Waals surface area contributed by atoms with Crippen LogP contribution in [0.5, 0.6) is 11.5 Å².